The zero-order chi connectivity index (χ0) is 14.7. The second-order valence-electron chi connectivity index (χ2n) is 5.70. The lowest BCUT2D eigenvalue weighted by Gasteiger charge is -2.22. The van der Waals surface area contributed by atoms with Crippen molar-refractivity contribution in [2.45, 2.75) is 71.8 Å². The molecule has 2 rings (SSSR count). The summed E-state index contributed by atoms with van der Waals surface area (Å²) in [5.74, 6) is 0.710. The molecule has 0 radical (unpaired) electrons. The Kier molecular flexibility index (Phi) is 4.68. The van der Waals surface area contributed by atoms with E-state index in [-0.39, 0.29) is 6.04 Å². The first kappa shape index (κ1) is 14.9. The molecule has 5 heteroatoms. The third-order valence-electron chi connectivity index (χ3n) is 4.41. The fraction of sp³-hybridized carbons (Fsp3) is 0.733. The van der Waals surface area contributed by atoms with Gasteiger partial charge in [-0.15, -0.1) is 0 Å². The van der Waals surface area contributed by atoms with E-state index in [4.69, 9.17) is 0 Å². The summed E-state index contributed by atoms with van der Waals surface area (Å²) >= 11 is 0. The summed E-state index contributed by atoms with van der Waals surface area (Å²) in [6.07, 6.45) is 7.05. The minimum atomic E-state index is 0.0505. The molecule has 0 amide bonds. The highest BCUT2D eigenvalue weighted by Gasteiger charge is 2.33. The van der Waals surface area contributed by atoms with E-state index in [9.17, 15) is 10.4 Å². The first-order valence-electron chi connectivity index (χ1n) is 7.62. The van der Waals surface area contributed by atoms with Crippen molar-refractivity contribution in [3.8, 4) is 0 Å². The van der Waals surface area contributed by atoms with E-state index in [1.807, 2.05) is 13.8 Å². The van der Waals surface area contributed by atoms with Crippen LogP contribution in [0.4, 0.5) is 0 Å². The van der Waals surface area contributed by atoms with Gasteiger partial charge < -0.3 is 10.4 Å². The van der Waals surface area contributed by atoms with Crippen molar-refractivity contribution < 1.29 is 9.94 Å². The number of unbranched alkanes of at least 4 members (excludes halogenated alkanes) is 1. The third-order valence-corrected chi connectivity index (χ3v) is 4.41. The number of rotatable bonds is 4. The van der Waals surface area contributed by atoms with E-state index in [1.54, 1.807) is 0 Å². The molecule has 1 N–H and O–H groups in total. The molecule has 20 heavy (non-hydrogen) atoms. The zero-order valence-electron chi connectivity index (χ0n) is 12.7. The Hall–Kier alpha value is -1.52. The Bertz CT molecular complexity index is 506. The highest BCUT2D eigenvalue weighted by molar-refractivity contribution is 5.88. The van der Waals surface area contributed by atoms with E-state index in [2.05, 4.69) is 16.6 Å². The Balaban J connectivity index is 2.45. The third kappa shape index (κ3) is 2.53. The maximum Gasteiger partial charge on any atom is 0.257 e. The lowest BCUT2D eigenvalue weighted by Crippen LogP contribution is -2.33. The molecule has 112 valence electrons. The van der Waals surface area contributed by atoms with Crippen LogP contribution in [-0.2, 0) is 6.42 Å². The lowest BCUT2D eigenvalue weighted by atomic mass is 9.92. The van der Waals surface area contributed by atoms with Gasteiger partial charge in [0.15, 0.2) is 0 Å². The van der Waals surface area contributed by atoms with Crippen LogP contribution in [0.25, 0.3) is 0 Å². The van der Waals surface area contributed by atoms with Gasteiger partial charge in [-0.2, -0.15) is 0 Å². The smallest absolute Gasteiger partial charge is 0.257 e. The summed E-state index contributed by atoms with van der Waals surface area (Å²) in [6.45, 7) is 5.90. The molecule has 1 heterocycles. The van der Waals surface area contributed by atoms with Crippen molar-refractivity contribution in [2.24, 2.45) is 5.16 Å². The molecule has 1 aromatic rings. The molecule has 1 fully saturated rings. The quantitative estimate of drug-likeness (QED) is 0.398. The number of hydrogen-bond donors (Lipinski definition) is 1. The van der Waals surface area contributed by atoms with Crippen LogP contribution in [0.2, 0.25) is 0 Å². The van der Waals surface area contributed by atoms with Gasteiger partial charge in [-0.25, -0.2) is 9.30 Å². The topological polar surface area (TPSA) is 64.5 Å². The van der Waals surface area contributed by atoms with Crippen LogP contribution in [0.1, 0.15) is 68.7 Å². The first-order chi connectivity index (χ1) is 9.61. The molecule has 0 spiro atoms. The molecular weight excluding hydrogens is 254 g/mol. The van der Waals surface area contributed by atoms with Crippen molar-refractivity contribution in [2.75, 3.05) is 0 Å². The van der Waals surface area contributed by atoms with Crippen LogP contribution in [0.5, 0.6) is 0 Å². The summed E-state index contributed by atoms with van der Waals surface area (Å²) in [5.41, 5.74) is 2.71. The highest BCUT2D eigenvalue weighted by Crippen LogP contribution is 2.29. The number of oxime groups is 1. The number of imidazole rings is 1. The van der Waals surface area contributed by atoms with Gasteiger partial charge in [0, 0.05) is 20.3 Å². The van der Waals surface area contributed by atoms with E-state index in [0.717, 1.165) is 66.8 Å². The van der Waals surface area contributed by atoms with Gasteiger partial charge in [0.1, 0.15) is 23.1 Å². The fourth-order valence-corrected chi connectivity index (χ4v) is 3.26. The molecule has 0 aromatic carbocycles. The van der Waals surface area contributed by atoms with E-state index in [1.165, 1.54) is 0 Å². The van der Waals surface area contributed by atoms with E-state index in [0.29, 0.717) is 5.82 Å². The minimum absolute atomic E-state index is 0.0505. The Morgan fingerprint density at radius 1 is 1.40 bits per heavy atom. The van der Waals surface area contributed by atoms with Gasteiger partial charge in [-0.05, 0) is 32.1 Å². The minimum Gasteiger partial charge on any atom is -0.711 e. The van der Waals surface area contributed by atoms with Crippen molar-refractivity contribution in [3.63, 3.8) is 0 Å². The normalized spacial score (nSPS) is 21.6. The zero-order valence-corrected chi connectivity index (χ0v) is 12.7. The fourth-order valence-electron chi connectivity index (χ4n) is 3.26. The molecular formula is C15H25N3O2. The summed E-state index contributed by atoms with van der Waals surface area (Å²) in [6, 6.07) is 0.0505. The molecule has 1 aliphatic rings. The molecule has 0 bridgehead atoms. The monoisotopic (exact) mass is 279 g/mol. The van der Waals surface area contributed by atoms with Gasteiger partial charge in [0.25, 0.3) is 5.82 Å². The van der Waals surface area contributed by atoms with Crippen molar-refractivity contribution in [1.29, 1.82) is 0 Å². The average Bonchev–Trinajstić information content (AvgIpc) is 2.69. The first-order valence-corrected chi connectivity index (χ1v) is 7.62. The van der Waals surface area contributed by atoms with Crippen LogP contribution in [0, 0.1) is 19.1 Å². The maximum absolute atomic E-state index is 12.2. The predicted octanol–water partition coefficient (Wildman–Crippen LogP) is 3.03. The second kappa shape index (κ2) is 6.29. The van der Waals surface area contributed by atoms with Crippen LogP contribution in [-0.4, -0.2) is 15.5 Å². The molecule has 0 aliphatic heterocycles. The van der Waals surface area contributed by atoms with Crippen LogP contribution in [0.3, 0.4) is 0 Å². The summed E-state index contributed by atoms with van der Waals surface area (Å²) < 4.78 is 3.14. The summed E-state index contributed by atoms with van der Waals surface area (Å²) in [5, 5.41) is 24.9. The Labute approximate surface area is 120 Å². The molecule has 0 unspecified atom stereocenters. The maximum atomic E-state index is 12.2. The molecule has 1 aliphatic carbocycles. The highest BCUT2D eigenvalue weighted by atomic mass is 16.5. The van der Waals surface area contributed by atoms with Gasteiger partial charge in [0.2, 0.25) is 0 Å². The molecule has 0 saturated heterocycles. The molecule has 1 atom stereocenters. The number of hydrogen-bond acceptors (Lipinski definition) is 3. The Morgan fingerprint density at radius 3 is 2.80 bits per heavy atom. The molecule has 1 saturated carbocycles. The van der Waals surface area contributed by atoms with Gasteiger partial charge >= 0.3 is 0 Å². The van der Waals surface area contributed by atoms with Crippen molar-refractivity contribution in [3.05, 3.63) is 22.4 Å². The summed E-state index contributed by atoms with van der Waals surface area (Å²) in [4.78, 5) is 0. The number of aromatic nitrogens is 2. The van der Waals surface area contributed by atoms with E-state index < -0.39 is 0 Å². The SMILES string of the molecule is CCCCc1c(C)[n+]([O-])c(C)n1[C@@H]1CCCC/C1=N/O. The van der Waals surface area contributed by atoms with E-state index >= 15 is 0 Å². The predicted molar refractivity (Wildman–Crippen MR) is 78.2 cm³/mol. The second-order valence-corrected chi connectivity index (χ2v) is 5.70. The van der Waals surface area contributed by atoms with Crippen molar-refractivity contribution >= 4 is 5.71 Å². The van der Waals surface area contributed by atoms with Crippen molar-refractivity contribution in [1.82, 2.24) is 4.57 Å². The summed E-state index contributed by atoms with van der Waals surface area (Å²) in [7, 11) is 0. The molecule has 1 aromatic heterocycles. The van der Waals surface area contributed by atoms with Gasteiger partial charge in [-0.3, -0.25) is 0 Å². The van der Waals surface area contributed by atoms with Crippen LogP contribution >= 0.6 is 0 Å². The standard InChI is InChI=1S/C15H25N3O2/c1-4-5-9-14-11(2)18(20)12(3)17(14)15-10-7-6-8-13(15)16-19/h15,19H,4-10H2,1-3H3/b16-13-/t15-/m1/s1. The van der Waals surface area contributed by atoms with Gasteiger partial charge in [0.05, 0.1) is 0 Å². The van der Waals surface area contributed by atoms with Crippen LogP contribution in [0.15, 0.2) is 5.16 Å². The number of nitrogens with zero attached hydrogens (tertiary/aromatic N) is 3. The van der Waals surface area contributed by atoms with Crippen LogP contribution < -0.4 is 4.73 Å². The largest absolute Gasteiger partial charge is 0.711 e. The Morgan fingerprint density at radius 2 is 2.15 bits per heavy atom. The molecule has 5 nitrogen and oxygen atoms in total. The average molecular weight is 279 g/mol. The van der Waals surface area contributed by atoms with Gasteiger partial charge in [-0.1, -0.05) is 18.5 Å². The lowest BCUT2D eigenvalue weighted by molar-refractivity contribution is -0.618.